The van der Waals surface area contributed by atoms with Gasteiger partial charge in [0.2, 0.25) is 0 Å². The molecule has 0 rings (SSSR count). The maximum absolute atomic E-state index is 8.55. The standard InChI is InChI=1S/C2H6O2.3Ca.2H3O4P/c3-1-2-4;;;;2*1-5(2,3)4/h3-4H,1-2H2;;;;2*(H3,1,2,3,4)/q;3*+2;;/p-6. The van der Waals surface area contributed by atoms with Crippen LogP contribution in [-0.2, 0) is 9.13 Å². The molecule has 0 bridgehead atoms. The summed E-state index contributed by atoms with van der Waals surface area (Å²) in [4.78, 5) is 51.3. The van der Waals surface area contributed by atoms with Gasteiger partial charge in [0.25, 0.3) is 0 Å². The molecule has 0 atom stereocenters. The van der Waals surface area contributed by atoms with Crippen molar-refractivity contribution >= 4 is 129 Å². The number of aliphatic hydroxyl groups is 2. The van der Waals surface area contributed by atoms with E-state index in [1.807, 2.05) is 0 Å². The molecular weight excluding hydrogens is 366 g/mol. The summed E-state index contributed by atoms with van der Waals surface area (Å²) in [6.07, 6.45) is 0. The van der Waals surface area contributed by atoms with Crippen LogP contribution in [0.25, 0.3) is 0 Å². The van der Waals surface area contributed by atoms with Crippen molar-refractivity contribution in [3.63, 3.8) is 0 Å². The van der Waals surface area contributed by atoms with Crippen molar-refractivity contribution in [1.29, 1.82) is 0 Å². The number of hydrogen-bond donors (Lipinski definition) is 2. The first kappa shape index (κ1) is 37.3. The zero-order valence-corrected chi connectivity index (χ0v) is 17.0. The van der Waals surface area contributed by atoms with E-state index in [4.69, 9.17) is 48.7 Å². The van der Waals surface area contributed by atoms with Crippen molar-refractivity contribution in [2.45, 2.75) is 0 Å². The van der Waals surface area contributed by atoms with E-state index in [0.29, 0.717) is 0 Å². The Balaban J connectivity index is -0.0000000247. The van der Waals surface area contributed by atoms with Crippen LogP contribution in [0.15, 0.2) is 0 Å². The summed E-state index contributed by atoms with van der Waals surface area (Å²) in [7, 11) is -10.8. The monoisotopic (exact) mass is 372 g/mol. The van der Waals surface area contributed by atoms with E-state index >= 15 is 0 Å². The fraction of sp³-hybridized carbons (Fsp3) is 1.00. The Bertz CT molecular complexity index is 161. The minimum Gasteiger partial charge on any atom is -0.822 e. The van der Waals surface area contributed by atoms with Crippen LogP contribution in [0.1, 0.15) is 0 Å². The van der Waals surface area contributed by atoms with Crippen molar-refractivity contribution in [1.82, 2.24) is 0 Å². The summed E-state index contributed by atoms with van der Waals surface area (Å²) >= 11 is 0. The molecule has 0 fully saturated rings. The molecule has 0 spiro atoms. The van der Waals surface area contributed by atoms with Gasteiger partial charge < -0.3 is 48.7 Å². The molecule has 0 aliphatic rings. The van der Waals surface area contributed by atoms with Crippen molar-refractivity contribution < 1.29 is 48.7 Å². The van der Waals surface area contributed by atoms with Crippen LogP contribution in [0.5, 0.6) is 0 Å². The molecule has 0 aliphatic carbocycles. The fourth-order valence-electron chi connectivity index (χ4n) is 0. The van der Waals surface area contributed by atoms with Crippen LogP contribution in [0, 0.1) is 0 Å². The van der Waals surface area contributed by atoms with Gasteiger partial charge in [0.1, 0.15) is 0 Å². The molecule has 0 aliphatic heterocycles. The van der Waals surface area contributed by atoms with Gasteiger partial charge in [-0.15, -0.1) is 0 Å². The average Bonchev–Trinajstić information content (AvgIpc) is 1.79. The van der Waals surface area contributed by atoms with Gasteiger partial charge >= 0.3 is 113 Å². The number of hydrogen-bond acceptors (Lipinski definition) is 10. The molecule has 0 saturated carbocycles. The normalized spacial score (nSPS) is 8.71. The summed E-state index contributed by atoms with van der Waals surface area (Å²) in [5.41, 5.74) is 0. The second-order valence-corrected chi connectivity index (χ2v) is 3.13. The first-order valence-electron chi connectivity index (χ1n) is 2.59. The van der Waals surface area contributed by atoms with E-state index in [-0.39, 0.29) is 126 Å². The summed E-state index contributed by atoms with van der Waals surface area (Å²) < 4.78 is 17.1. The molecule has 17 heavy (non-hydrogen) atoms. The predicted octanol–water partition coefficient (Wildman–Crippen LogP) is -7.82. The maximum Gasteiger partial charge on any atom is 2.00 e. The first-order chi connectivity index (χ1) is 5.91. The molecule has 0 unspecified atom stereocenters. The van der Waals surface area contributed by atoms with Crippen molar-refractivity contribution in [3.05, 3.63) is 0 Å². The Morgan fingerprint density at radius 1 is 0.647 bits per heavy atom. The van der Waals surface area contributed by atoms with Gasteiger partial charge in [0, 0.05) is 0 Å². The predicted molar refractivity (Wildman–Crippen MR) is 46.6 cm³/mol. The fourth-order valence-corrected chi connectivity index (χ4v) is 0. The molecular formula is C2H6Ca3O10P2. The Morgan fingerprint density at radius 2 is 0.706 bits per heavy atom. The molecule has 0 saturated heterocycles. The summed E-state index contributed by atoms with van der Waals surface area (Å²) in [5, 5.41) is 15.2. The molecule has 0 radical (unpaired) electrons. The van der Waals surface area contributed by atoms with E-state index in [1.54, 1.807) is 0 Å². The third kappa shape index (κ3) is 264. The van der Waals surface area contributed by atoms with Crippen molar-refractivity contribution in [3.8, 4) is 0 Å². The Labute approximate surface area is 187 Å². The van der Waals surface area contributed by atoms with Crippen molar-refractivity contribution in [2.75, 3.05) is 13.2 Å². The van der Waals surface area contributed by atoms with Gasteiger partial charge in [0.15, 0.2) is 0 Å². The first-order valence-corrected chi connectivity index (χ1v) is 5.51. The van der Waals surface area contributed by atoms with Crippen LogP contribution >= 0.6 is 15.6 Å². The van der Waals surface area contributed by atoms with E-state index in [2.05, 4.69) is 0 Å². The van der Waals surface area contributed by atoms with Crippen LogP contribution in [0.3, 0.4) is 0 Å². The second-order valence-electron chi connectivity index (χ2n) is 1.34. The van der Waals surface area contributed by atoms with Crippen LogP contribution in [-0.4, -0.2) is 137 Å². The van der Waals surface area contributed by atoms with E-state index < -0.39 is 15.6 Å². The zero-order valence-electron chi connectivity index (χ0n) is 8.59. The average molecular weight is 372 g/mol. The van der Waals surface area contributed by atoms with Crippen molar-refractivity contribution in [2.24, 2.45) is 0 Å². The SMILES string of the molecule is O=P([O-])([O-])[O-].O=P([O-])([O-])[O-].OCCO.[Ca+2].[Ca+2].[Ca+2]. The maximum atomic E-state index is 8.55. The van der Waals surface area contributed by atoms with Gasteiger partial charge in [-0.3, -0.25) is 0 Å². The summed E-state index contributed by atoms with van der Waals surface area (Å²) in [5.74, 6) is 0. The molecule has 15 heteroatoms. The quantitative estimate of drug-likeness (QED) is 0.327. The molecule has 2 N–H and O–H groups in total. The smallest absolute Gasteiger partial charge is 0.822 e. The molecule has 0 amide bonds. The van der Waals surface area contributed by atoms with Gasteiger partial charge in [0.05, 0.1) is 13.2 Å². The van der Waals surface area contributed by atoms with E-state index in [0.717, 1.165) is 0 Å². The second kappa shape index (κ2) is 22.2. The zero-order chi connectivity index (χ0) is 12.4. The van der Waals surface area contributed by atoms with Crippen LogP contribution in [0.4, 0.5) is 0 Å². The molecule has 0 aromatic rings. The third-order valence-electron chi connectivity index (χ3n) is 0.1000. The topological polar surface area (TPSA) is 213 Å². The Morgan fingerprint density at radius 3 is 0.706 bits per heavy atom. The minimum absolute atomic E-state index is 0. The van der Waals surface area contributed by atoms with E-state index in [9.17, 15) is 0 Å². The molecule has 90 valence electrons. The van der Waals surface area contributed by atoms with E-state index in [1.165, 1.54) is 0 Å². The van der Waals surface area contributed by atoms with Gasteiger partial charge in [-0.05, 0) is 0 Å². The molecule has 0 aromatic heterocycles. The Kier molecular flexibility index (Phi) is 48.7. The number of rotatable bonds is 1. The van der Waals surface area contributed by atoms with Crippen LogP contribution in [0.2, 0.25) is 0 Å². The molecule has 0 aromatic carbocycles. The summed E-state index contributed by atoms with van der Waals surface area (Å²) in [6, 6.07) is 0. The molecule has 0 heterocycles. The Hall–Kier alpha value is 3.92. The third-order valence-corrected chi connectivity index (χ3v) is 0.1000. The van der Waals surface area contributed by atoms with Gasteiger partial charge in [-0.25, -0.2) is 0 Å². The number of phosphoric acid groups is 2. The largest absolute Gasteiger partial charge is 2.00 e. The number of aliphatic hydroxyl groups excluding tert-OH is 2. The summed E-state index contributed by atoms with van der Waals surface area (Å²) in [6.45, 7) is -0.250. The minimum atomic E-state index is -5.39. The van der Waals surface area contributed by atoms with Gasteiger partial charge in [-0.1, -0.05) is 0 Å². The van der Waals surface area contributed by atoms with Gasteiger partial charge in [-0.2, -0.15) is 15.6 Å². The van der Waals surface area contributed by atoms with Crippen LogP contribution < -0.4 is 29.4 Å². The molecule has 10 nitrogen and oxygen atoms in total.